The number of hydrogen-bond donors (Lipinski definition) is 1. The van der Waals surface area contributed by atoms with Crippen molar-refractivity contribution in [2.24, 2.45) is 0 Å². The number of aromatic nitrogens is 2. The quantitative estimate of drug-likeness (QED) is 0.810. The predicted molar refractivity (Wildman–Crippen MR) is 93.2 cm³/mol. The van der Waals surface area contributed by atoms with Gasteiger partial charge in [0.05, 0.1) is 5.02 Å². The highest BCUT2D eigenvalue weighted by atomic mass is 35.5. The molecule has 0 spiro atoms. The summed E-state index contributed by atoms with van der Waals surface area (Å²) >= 11 is 5.74. The van der Waals surface area contributed by atoms with Crippen molar-refractivity contribution in [3.05, 3.63) is 46.9 Å². The number of nitrogens with zero attached hydrogens (tertiary/aromatic N) is 3. The third kappa shape index (κ3) is 4.64. The fourth-order valence-corrected chi connectivity index (χ4v) is 2.43. The molecule has 0 radical (unpaired) electrons. The van der Waals surface area contributed by atoms with Crippen molar-refractivity contribution in [3.63, 3.8) is 0 Å². The van der Waals surface area contributed by atoms with Crippen LogP contribution in [0.2, 0.25) is 5.02 Å². The molecule has 1 N–H and O–H groups in total. The van der Waals surface area contributed by atoms with Crippen LogP contribution >= 0.6 is 11.6 Å². The molecule has 0 bridgehead atoms. The molecule has 2 aromatic rings. The van der Waals surface area contributed by atoms with Crippen molar-refractivity contribution >= 4 is 29.0 Å². The van der Waals surface area contributed by atoms with Crippen LogP contribution in [0.25, 0.3) is 0 Å². The van der Waals surface area contributed by atoms with E-state index in [0.29, 0.717) is 30.3 Å². The number of carbonyl (C=O) groups is 1. The first-order chi connectivity index (χ1) is 11.5. The number of carbonyl (C=O) groups excluding carboxylic acids is 1. The molecule has 7 heteroatoms. The molecule has 1 heterocycles. The highest BCUT2D eigenvalue weighted by Gasteiger charge is 2.16. The van der Waals surface area contributed by atoms with Crippen molar-refractivity contribution in [1.82, 2.24) is 15.1 Å². The van der Waals surface area contributed by atoms with Crippen LogP contribution in [-0.2, 0) is 0 Å². The van der Waals surface area contributed by atoms with E-state index >= 15 is 0 Å². The fourth-order valence-electron chi connectivity index (χ4n) is 2.25. The maximum absolute atomic E-state index is 13.2. The van der Waals surface area contributed by atoms with Crippen LogP contribution in [0.1, 0.15) is 37.2 Å². The van der Waals surface area contributed by atoms with Gasteiger partial charge in [-0.25, -0.2) is 4.39 Å². The number of amides is 1. The van der Waals surface area contributed by atoms with Gasteiger partial charge in [-0.1, -0.05) is 25.4 Å². The van der Waals surface area contributed by atoms with E-state index in [2.05, 4.69) is 15.5 Å². The zero-order chi connectivity index (χ0) is 17.5. The number of benzene rings is 1. The number of nitrogens with one attached hydrogen (secondary N) is 1. The highest BCUT2D eigenvalue weighted by molar-refractivity contribution is 6.31. The number of halogens is 2. The van der Waals surface area contributed by atoms with Crippen molar-refractivity contribution in [2.45, 2.75) is 26.7 Å². The number of anilines is 2. The predicted octanol–water partition coefficient (Wildman–Crippen LogP) is 4.27. The van der Waals surface area contributed by atoms with E-state index in [9.17, 15) is 9.18 Å². The van der Waals surface area contributed by atoms with Gasteiger partial charge in [0, 0.05) is 18.8 Å². The molecule has 0 aliphatic carbocycles. The summed E-state index contributed by atoms with van der Waals surface area (Å²) in [4.78, 5) is 14.2. The van der Waals surface area contributed by atoms with E-state index in [1.165, 1.54) is 12.1 Å². The van der Waals surface area contributed by atoms with Gasteiger partial charge in [-0.05, 0) is 43.2 Å². The summed E-state index contributed by atoms with van der Waals surface area (Å²) in [6, 6.07) is 7.56. The molecule has 24 heavy (non-hydrogen) atoms. The van der Waals surface area contributed by atoms with Crippen LogP contribution in [0, 0.1) is 5.82 Å². The molecule has 128 valence electrons. The lowest BCUT2D eigenvalue weighted by Crippen LogP contribution is -2.33. The smallest absolute Gasteiger partial charge is 0.274 e. The first-order valence-electron chi connectivity index (χ1n) is 7.90. The molecular formula is C17H20ClFN4O. The monoisotopic (exact) mass is 350 g/mol. The number of rotatable bonds is 7. The Morgan fingerprint density at radius 2 is 1.88 bits per heavy atom. The van der Waals surface area contributed by atoms with Crippen LogP contribution in [0.3, 0.4) is 0 Å². The van der Waals surface area contributed by atoms with Gasteiger partial charge in [0.15, 0.2) is 11.5 Å². The van der Waals surface area contributed by atoms with Gasteiger partial charge in [0.1, 0.15) is 5.82 Å². The molecule has 0 unspecified atom stereocenters. The van der Waals surface area contributed by atoms with E-state index in [4.69, 9.17) is 11.6 Å². The Morgan fingerprint density at radius 3 is 2.42 bits per heavy atom. The Hall–Kier alpha value is -2.21. The molecule has 5 nitrogen and oxygen atoms in total. The average Bonchev–Trinajstić information content (AvgIpc) is 2.58. The van der Waals surface area contributed by atoms with E-state index in [0.717, 1.165) is 12.8 Å². The third-order valence-corrected chi connectivity index (χ3v) is 3.64. The van der Waals surface area contributed by atoms with E-state index in [1.807, 2.05) is 13.8 Å². The largest absolute Gasteiger partial charge is 0.339 e. The molecule has 0 saturated carbocycles. The van der Waals surface area contributed by atoms with Crippen molar-refractivity contribution in [3.8, 4) is 0 Å². The molecule has 0 fully saturated rings. The summed E-state index contributed by atoms with van der Waals surface area (Å²) in [6.07, 6.45) is 1.79. The van der Waals surface area contributed by atoms with Crippen LogP contribution in [0.15, 0.2) is 30.3 Å². The fraction of sp³-hybridized carbons (Fsp3) is 0.353. The SMILES string of the molecule is CCCN(CCC)C(=O)c1ccc(Nc2ccc(F)c(Cl)c2)nn1. The zero-order valence-corrected chi connectivity index (χ0v) is 14.5. The van der Waals surface area contributed by atoms with Gasteiger partial charge in [-0.2, -0.15) is 0 Å². The van der Waals surface area contributed by atoms with Crippen LogP contribution in [-0.4, -0.2) is 34.1 Å². The van der Waals surface area contributed by atoms with E-state index < -0.39 is 5.82 Å². The lowest BCUT2D eigenvalue weighted by Gasteiger charge is -2.20. The van der Waals surface area contributed by atoms with Gasteiger partial charge in [0.2, 0.25) is 0 Å². The van der Waals surface area contributed by atoms with Crippen LogP contribution in [0.4, 0.5) is 15.9 Å². The summed E-state index contributed by atoms with van der Waals surface area (Å²) < 4.78 is 13.2. The van der Waals surface area contributed by atoms with E-state index in [-0.39, 0.29) is 10.9 Å². The van der Waals surface area contributed by atoms with Crippen molar-refractivity contribution < 1.29 is 9.18 Å². The minimum Gasteiger partial charge on any atom is -0.339 e. The Labute approximate surface area is 145 Å². The standard InChI is InChI=1S/C17H20ClFN4O/c1-3-9-23(10-4-2)17(24)15-7-8-16(22-21-15)20-12-5-6-14(19)13(18)11-12/h5-8,11H,3-4,9-10H2,1-2H3,(H,20,22). The summed E-state index contributed by atoms with van der Waals surface area (Å²) in [7, 11) is 0. The molecule has 1 amide bonds. The highest BCUT2D eigenvalue weighted by Crippen LogP contribution is 2.21. The molecular weight excluding hydrogens is 331 g/mol. The second-order valence-electron chi connectivity index (χ2n) is 5.35. The van der Waals surface area contributed by atoms with Crippen molar-refractivity contribution in [1.29, 1.82) is 0 Å². The summed E-state index contributed by atoms with van der Waals surface area (Å²) in [5.41, 5.74) is 0.896. The Kier molecular flexibility index (Phi) is 6.49. The average molecular weight is 351 g/mol. The van der Waals surface area contributed by atoms with Gasteiger partial charge in [0.25, 0.3) is 5.91 Å². The van der Waals surface area contributed by atoms with Gasteiger partial charge < -0.3 is 10.2 Å². The minimum absolute atomic E-state index is 0.0227. The lowest BCUT2D eigenvalue weighted by atomic mass is 10.3. The summed E-state index contributed by atoms with van der Waals surface area (Å²) in [6.45, 7) is 5.45. The Bertz CT molecular complexity index is 687. The first kappa shape index (κ1) is 18.1. The van der Waals surface area contributed by atoms with Gasteiger partial charge in [-0.15, -0.1) is 10.2 Å². The van der Waals surface area contributed by atoms with Crippen LogP contribution < -0.4 is 5.32 Å². The maximum atomic E-state index is 13.2. The minimum atomic E-state index is -0.485. The third-order valence-electron chi connectivity index (χ3n) is 3.35. The summed E-state index contributed by atoms with van der Waals surface area (Å²) in [5.74, 6) is -0.157. The normalized spacial score (nSPS) is 10.5. The molecule has 1 aromatic heterocycles. The Balaban J connectivity index is 2.09. The maximum Gasteiger partial charge on any atom is 0.274 e. The Morgan fingerprint density at radius 1 is 1.17 bits per heavy atom. The lowest BCUT2D eigenvalue weighted by molar-refractivity contribution is 0.0748. The molecule has 1 aromatic carbocycles. The molecule has 0 aliphatic heterocycles. The first-order valence-corrected chi connectivity index (χ1v) is 8.28. The van der Waals surface area contributed by atoms with Gasteiger partial charge in [-0.3, -0.25) is 4.79 Å². The topological polar surface area (TPSA) is 58.1 Å². The van der Waals surface area contributed by atoms with Gasteiger partial charge >= 0.3 is 0 Å². The second kappa shape index (κ2) is 8.59. The zero-order valence-electron chi connectivity index (χ0n) is 13.7. The number of hydrogen-bond acceptors (Lipinski definition) is 4. The van der Waals surface area contributed by atoms with Crippen LogP contribution in [0.5, 0.6) is 0 Å². The van der Waals surface area contributed by atoms with E-state index in [1.54, 1.807) is 23.1 Å². The molecule has 0 aliphatic rings. The second-order valence-corrected chi connectivity index (χ2v) is 5.76. The molecule has 0 saturated heterocycles. The molecule has 2 rings (SSSR count). The summed E-state index contributed by atoms with van der Waals surface area (Å²) in [5, 5.41) is 11.0. The van der Waals surface area contributed by atoms with Crippen molar-refractivity contribution in [2.75, 3.05) is 18.4 Å². The molecule has 0 atom stereocenters.